The lowest BCUT2D eigenvalue weighted by Gasteiger charge is -2.22. The molecule has 0 aliphatic heterocycles. The van der Waals surface area contributed by atoms with Crippen molar-refractivity contribution < 1.29 is 4.42 Å². The van der Waals surface area contributed by atoms with Crippen molar-refractivity contribution in [3.63, 3.8) is 0 Å². The normalized spacial score (nSPS) is 12.2. The van der Waals surface area contributed by atoms with Gasteiger partial charge in [0, 0.05) is 22.7 Å². The molecular weight excluding hydrogens is 402 g/mol. The van der Waals surface area contributed by atoms with Crippen molar-refractivity contribution in [1.29, 1.82) is 0 Å². The van der Waals surface area contributed by atoms with Crippen LogP contribution in [0.4, 0.5) is 0 Å². The Morgan fingerprint density at radius 2 is 1.67 bits per heavy atom. The van der Waals surface area contributed by atoms with Gasteiger partial charge in [0.15, 0.2) is 0 Å². The van der Waals surface area contributed by atoms with E-state index in [1.807, 2.05) is 12.5 Å². The Morgan fingerprint density at radius 3 is 2.45 bits per heavy atom. The fourth-order valence-corrected chi connectivity index (χ4v) is 4.73. The van der Waals surface area contributed by atoms with Crippen LogP contribution in [0.1, 0.15) is 45.7 Å². The Morgan fingerprint density at radius 1 is 0.848 bits per heavy atom. The molecule has 0 amide bonds. The SMILES string of the molecule is CC(C)Cc1ccc2c(-c3ccnc(-c4cc(C(C)(C)C)c5ccccc5c4)c3)coc2c1. The molecule has 2 heteroatoms. The predicted octanol–water partition coefficient (Wildman–Crippen LogP) is 8.81. The highest BCUT2D eigenvalue weighted by Gasteiger charge is 2.19. The average Bonchev–Trinajstić information content (AvgIpc) is 3.20. The van der Waals surface area contributed by atoms with Crippen LogP contribution in [-0.2, 0) is 11.8 Å². The zero-order valence-corrected chi connectivity index (χ0v) is 20.1. The first-order valence-electron chi connectivity index (χ1n) is 11.8. The maximum absolute atomic E-state index is 5.97. The van der Waals surface area contributed by atoms with Crippen molar-refractivity contribution in [2.24, 2.45) is 5.92 Å². The highest BCUT2D eigenvalue weighted by atomic mass is 16.3. The second-order valence-electron chi connectivity index (χ2n) is 10.5. The van der Waals surface area contributed by atoms with Crippen LogP contribution >= 0.6 is 0 Å². The molecule has 0 aliphatic rings. The minimum atomic E-state index is 0.0433. The number of nitrogens with zero attached hydrogens (tertiary/aromatic N) is 1. The van der Waals surface area contributed by atoms with Crippen LogP contribution in [-0.4, -0.2) is 4.98 Å². The Bertz CT molecular complexity index is 1450. The second-order valence-corrected chi connectivity index (χ2v) is 10.5. The number of fused-ring (bicyclic) bond motifs is 2. The monoisotopic (exact) mass is 433 g/mol. The topological polar surface area (TPSA) is 26.0 Å². The summed E-state index contributed by atoms with van der Waals surface area (Å²) in [4.78, 5) is 4.75. The lowest BCUT2D eigenvalue weighted by molar-refractivity contribution is 0.596. The summed E-state index contributed by atoms with van der Waals surface area (Å²) in [5.74, 6) is 0.625. The third-order valence-corrected chi connectivity index (χ3v) is 6.32. The number of hydrogen-bond donors (Lipinski definition) is 0. The van der Waals surface area contributed by atoms with Crippen LogP contribution < -0.4 is 0 Å². The van der Waals surface area contributed by atoms with Gasteiger partial charge in [0.2, 0.25) is 0 Å². The maximum Gasteiger partial charge on any atom is 0.134 e. The number of hydrogen-bond acceptors (Lipinski definition) is 2. The minimum Gasteiger partial charge on any atom is -0.464 e. The summed E-state index contributed by atoms with van der Waals surface area (Å²) in [6, 6.07) is 24.0. The van der Waals surface area contributed by atoms with E-state index in [-0.39, 0.29) is 5.41 Å². The number of aromatic nitrogens is 1. The Labute approximate surface area is 196 Å². The van der Waals surface area contributed by atoms with Crippen LogP contribution in [0, 0.1) is 5.92 Å². The summed E-state index contributed by atoms with van der Waals surface area (Å²) >= 11 is 0. The van der Waals surface area contributed by atoms with E-state index >= 15 is 0 Å². The molecule has 0 saturated carbocycles. The molecule has 33 heavy (non-hydrogen) atoms. The van der Waals surface area contributed by atoms with Crippen LogP contribution in [0.5, 0.6) is 0 Å². The maximum atomic E-state index is 5.97. The van der Waals surface area contributed by atoms with Crippen molar-refractivity contribution in [3.8, 4) is 22.4 Å². The molecule has 5 rings (SSSR count). The van der Waals surface area contributed by atoms with Gasteiger partial charge in [-0.05, 0) is 75.5 Å². The summed E-state index contributed by atoms with van der Waals surface area (Å²) < 4.78 is 5.97. The molecular formula is C31H31NO. The second kappa shape index (κ2) is 8.19. The molecule has 2 aromatic heterocycles. The van der Waals surface area contributed by atoms with E-state index in [9.17, 15) is 0 Å². The molecule has 0 aliphatic carbocycles. The van der Waals surface area contributed by atoms with Gasteiger partial charge >= 0.3 is 0 Å². The molecule has 3 aromatic carbocycles. The fourth-order valence-electron chi connectivity index (χ4n) is 4.73. The molecule has 5 aromatic rings. The minimum absolute atomic E-state index is 0.0433. The van der Waals surface area contributed by atoms with Crippen LogP contribution in [0.3, 0.4) is 0 Å². The van der Waals surface area contributed by atoms with Gasteiger partial charge < -0.3 is 4.42 Å². The van der Waals surface area contributed by atoms with Gasteiger partial charge in [0.1, 0.15) is 5.58 Å². The molecule has 0 bridgehead atoms. The number of benzene rings is 3. The first-order chi connectivity index (χ1) is 15.8. The zero-order valence-electron chi connectivity index (χ0n) is 20.1. The van der Waals surface area contributed by atoms with Crippen LogP contribution in [0.2, 0.25) is 0 Å². The molecule has 0 unspecified atom stereocenters. The predicted molar refractivity (Wildman–Crippen MR) is 140 cm³/mol. The van der Waals surface area contributed by atoms with E-state index < -0.39 is 0 Å². The van der Waals surface area contributed by atoms with E-state index in [1.165, 1.54) is 21.9 Å². The van der Waals surface area contributed by atoms with Gasteiger partial charge in [-0.15, -0.1) is 0 Å². The standard InChI is InChI=1S/C31H31NO/c1-20(2)14-21-10-11-26-27(19-33-30(26)15-21)23-12-13-32-29(18-23)24-16-22-8-6-7-9-25(22)28(17-24)31(3,4)5/h6-13,15-20H,14H2,1-5H3. The van der Waals surface area contributed by atoms with Gasteiger partial charge in [0.05, 0.1) is 12.0 Å². The molecule has 0 fully saturated rings. The molecule has 2 heterocycles. The third-order valence-electron chi connectivity index (χ3n) is 6.32. The van der Waals surface area contributed by atoms with Gasteiger partial charge in [-0.1, -0.05) is 71.0 Å². The molecule has 0 radical (unpaired) electrons. The van der Waals surface area contributed by atoms with E-state index in [4.69, 9.17) is 9.40 Å². The largest absolute Gasteiger partial charge is 0.464 e. The molecule has 166 valence electrons. The molecule has 0 atom stereocenters. The summed E-state index contributed by atoms with van der Waals surface area (Å²) in [5.41, 5.74) is 8.02. The van der Waals surface area contributed by atoms with E-state index in [0.29, 0.717) is 5.92 Å². The fraction of sp³-hybridized carbons (Fsp3) is 0.258. The van der Waals surface area contributed by atoms with Gasteiger partial charge in [-0.3, -0.25) is 4.98 Å². The van der Waals surface area contributed by atoms with Crippen molar-refractivity contribution in [1.82, 2.24) is 4.98 Å². The van der Waals surface area contributed by atoms with E-state index in [2.05, 4.69) is 101 Å². The smallest absolute Gasteiger partial charge is 0.134 e. The Balaban J connectivity index is 1.60. The zero-order chi connectivity index (χ0) is 23.2. The Kier molecular flexibility index (Phi) is 5.32. The first-order valence-corrected chi connectivity index (χ1v) is 11.8. The quantitative estimate of drug-likeness (QED) is 0.283. The van der Waals surface area contributed by atoms with Crippen molar-refractivity contribution in [2.75, 3.05) is 0 Å². The summed E-state index contributed by atoms with van der Waals surface area (Å²) in [6.45, 7) is 11.3. The highest BCUT2D eigenvalue weighted by molar-refractivity contribution is 5.95. The lowest BCUT2D eigenvalue weighted by atomic mass is 9.82. The molecule has 0 saturated heterocycles. The van der Waals surface area contributed by atoms with Gasteiger partial charge in [-0.2, -0.15) is 0 Å². The summed E-state index contributed by atoms with van der Waals surface area (Å²) in [5, 5.41) is 3.70. The van der Waals surface area contributed by atoms with Crippen molar-refractivity contribution >= 4 is 21.7 Å². The van der Waals surface area contributed by atoms with Gasteiger partial charge in [0.25, 0.3) is 0 Å². The highest BCUT2D eigenvalue weighted by Crippen LogP contribution is 2.36. The number of pyridine rings is 1. The van der Waals surface area contributed by atoms with Crippen molar-refractivity contribution in [2.45, 2.75) is 46.5 Å². The van der Waals surface area contributed by atoms with Crippen LogP contribution in [0.25, 0.3) is 44.1 Å². The van der Waals surface area contributed by atoms with Crippen LogP contribution in [0.15, 0.2) is 83.6 Å². The first kappa shape index (κ1) is 21.5. The Hall–Kier alpha value is -3.39. The molecule has 0 spiro atoms. The molecule has 0 N–H and O–H groups in total. The van der Waals surface area contributed by atoms with Gasteiger partial charge in [-0.25, -0.2) is 0 Å². The number of furan rings is 1. The summed E-state index contributed by atoms with van der Waals surface area (Å²) in [6.07, 6.45) is 4.84. The molecule has 2 nitrogen and oxygen atoms in total. The summed E-state index contributed by atoms with van der Waals surface area (Å²) in [7, 11) is 0. The average molecular weight is 434 g/mol. The van der Waals surface area contributed by atoms with Crippen molar-refractivity contribution in [3.05, 3.63) is 90.3 Å². The van der Waals surface area contributed by atoms with E-state index in [1.54, 1.807) is 0 Å². The lowest BCUT2D eigenvalue weighted by Crippen LogP contribution is -2.12. The third kappa shape index (κ3) is 4.18. The van der Waals surface area contributed by atoms with E-state index in [0.717, 1.165) is 39.8 Å². The number of rotatable bonds is 4.